The van der Waals surface area contributed by atoms with Crippen LogP contribution in [0.5, 0.6) is 5.75 Å². The molecule has 0 radical (unpaired) electrons. The van der Waals surface area contributed by atoms with E-state index in [-0.39, 0.29) is 18.4 Å². The predicted octanol–water partition coefficient (Wildman–Crippen LogP) is 2.37. The number of hydrogen-bond acceptors (Lipinski definition) is 3. The van der Waals surface area contributed by atoms with Gasteiger partial charge in [0.1, 0.15) is 11.6 Å². The fourth-order valence-electron chi connectivity index (χ4n) is 2.93. The number of methoxy groups -OCH3 is 1. The first-order valence-electron chi connectivity index (χ1n) is 8.18. The number of carbonyl (C=O) groups is 1. The smallest absolute Gasteiger partial charge is 0.315 e. The zero-order valence-corrected chi connectivity index (χ0v) is 13.9. The first-order valence-corrected chi connectivity index (χ1v) is 8.18. The quantitative estimate of drug-likeness (QED) is 0.845. The molecule has 1 saturated heterocycles. The van der Waals surface area contributed by atoms with Crippen molar-refractivity contribution in [2.45, 2.75) is 26.3 Å². The van der Waals surface area contributed by atoms with Gasteiger partial charge in [0, 0.05) is 25.7 Å². The summed E-state index contributed by atoms with van der Waals surface area (Å²) in [5.41, 5.74) is 0.673. The van der Waals surface area contributed by atoms with Crippen molar-refractivity contribution in [1.29, 1.82) is 0 Å². The van der Waals surface area contributed by atoms with E-state index in [9.17, 15) is 9.18 Å². The lowest BCUT2D eigenvalue weighted by atomic mass is 9.98. The molecule has 2 amide bonds. The number of rotatable bonds is 6. The Kier molecular flexibility index (Phi) is 6.65. The van der Waals surface area contributed by atoms with Crippen molar-refractivity contribution in [2.24, 2.45) is 5.92 Å². The number of benzene rings is 1. The van der Waals surface area contributed by atoms with Gasteiger partial charge in [-0.05, 0) is 49.5 Å². The van der Waals surface area contributed by atoms with Crippen LogP contribution in [-0.2, 0) is 6.54 Å². The van der Waals surface area contributed by atoms with E-state index in [1.807, 2.05) is 0 Å². The Morgan fingerprint density at radius 2 is 2.22 bits per heavy atom. The van der Waals surface area contributed by atoms with Gasteiger partial charge in [-0.1, -0.05) is 6.92 Å². The van der Waals surface area contributed by atoms with Gasteiger partial charge in [0.25, 0.3) is 0 Å². The number of ether oxygens (including phenoxy) is 1. The van der Waals surface area contributed by atoms with Crippen molar-refractivity contribution in [1.82, 2.24) is 15.5 Å². The Hall–Kier alpha value is -1.82. The summed E-state index contributed by atoms with van der Waals surface area (Å²) in [6.45, 7) is 6.36. The van der Waals surface area contributed by atoms with E-state index in [0.29, 0.717) is 23.8 Å². The van der Waals surface area contributed by atoms with Crippen LogP contribution in [0.1, 0.15) is 25.3 Å². The molecule has 2 N–H and O–H groups in total. The minimum Gasteiger partial charge on any atom is -0.497 e. The highest BCUT2D eigenvalue weighted by Gasteiger charge is 2.19. The molecule has 5 nitrogen and oxygen atoms in total. The Morgan fingerprint density at radius 1 is 1.39 bits per heavy atom. The zero-order valence-electron chi connectivity index (χ0n) is 13.9. The van der Waals surface area contributed by atoms with Crippen LogP contribution in [0.15, 0.2) is 18.2 Å². The number of hydrogen-bond donors (Lipinski definition) is 2. The highest BCUT2D eigenvalue weighted by molar-refractivity contribution is 5.73. The summed E-state index contributed by atoms with van der Waals surface area (Å²) >= 11 is 0. The normalized spacial score (nSPS) is 18.5. The van der Waals surface area contributed by atoms with Gasteiger partial charge in [-0.15, -0.1) is 0 Å². The summed E-state index contributed by atoms with van der Waals surface area (Å²) < 4.78 is 18.4. The molecule has 0 bridgehead atoms. The first kappa shape index (κ1) is 17.5. The maximum atomic E-state index is 13.4. The molecule has 1 heterocycles. The number of urea groups is 1. The van der Waals surface area contributed by atoms with Gasteiger partial charge < -0.3 is 20.3 Å². The molecule has 1 fully saturated rings. The van der Waals surface area contributed by atoms with Crippen LogP contribution in [-0.4, -0.2) is 44.2 Å². The number of halogens is 1. The van der Waals surface area contributed by atoms with E-state index in [2.05, 4.69) is 22.5 Å². The molecular weight excluding hydrogens is 297 g/mol. The number of likely N-dealkylation sites (tertiary alicyclic amines) is 1. The predicted molar refractivity (Wildman–Crippen MR) is 88.0 cm³/mol. The highest BCUT2D eigenvalue weighted by Crippen LogP contribution is 2.16. The molecule has 1 atom stereocenters. The van der Waals surface area contributed by atoms with Gasteiger partial charge in [-0.3, -0.25) is 0 Å². The van der Waals surface area contributed by atoms with Gasteiger partial charge in [0.05, 0.1) is 7.11 Å². The second-order valence-electron chi connectivity index (χ2n) is 5.96. The van der Waals surface area contributed by atoms with Crippen LogP contribution in [0.4, 0.5) is 9.18 Å². The molecule has 2 rings (SSSR count). The average molecular weight is 323 g/mol. The van der Waals surface area contributed by atoms with Gasteiger partial charge in [0.15, 0.2) is 0 Å². The Balaban J connectivity index is 1.74. The second-order valence-corrected chi connectivity index (χ2v) is 5.96. The Bertz CT molecular complexity index is 525. The molecule has 1 aliphatic heterocycles. The van der Waals surface area contributed by atoms with Crippen LogP contribution in [0.3, 0.4) is 0 Å². The van der Waals surface area contributed by atoms with E-state index < -0.39 is 0 Å². The number of carbonyl (C=O) groups excluding carboxylic acids is 1. The summed E-state index contributed by atoms with van der Waals surface area (Å²) in [6, 6.07) is 4.19. The van der Waals surface area contributed by atoms with Crippen LogP contribution in [0.25, 0.3) is 0 Å². The summed E-state index contributed by atoms with van der Waals surface area (Å²) in [7, 11) is 1.49. The summed E-state index contributed by atoms with van der Waals surface area (Å²) in [4.78, 5) is 14.3. The van der Waals surface area contributed by atoms with Gasteiger partial charge in [-0.2, -0.15) is 0 Å². The van der Waals surface area contributed by atoms with Crippen LogP contribution < -0.4 is 15.4 Å². The van der Waals surface area contributed by atoms with Gasteiger partial charge in [0.2, 0.25) is 0 Å². The summed E-state index contributed by atoms with van der Waals surface area (Å²) in [5.74, 6) is 0.580. The zero-order chi connectivity index (χ0) is 16.7. The number of piperidine rings is 1. The number of nitrogens with one attached hydrogen (secondary N) is 2. The molecule has 0 saturated carbocycles. The molecule has 1 aromatic carbocycles. The number of nitrogens with zero attached hydrogens (tertiary/aromatic N) is 1. The second kappa shape index (κ2) is 8.72. The molecule has 23 heavy (non-hydrogen) atoms. The maximum absolute atomic E-state index is 13.4. The lowest BCUT2D eigenvalue weighted by molar-refractivity contribution is 0.179. The first-order chi connectivity index (χ1) is 11.1. The molecule has 6 heteroatoms. The molecule has 0 aromatic heterocycles. The van der Waals surface area contributed by atoms with E-state index in [4.69, 9.17) is 4.74 Å². The third-order valence-electron chi connectivity index (χ3n) is 4.22. The summed E-state index contributed by atoms with van der Waals surface area (Å²) in [5, 5.41) is 5.67. The lowest BCUT2D eigenvalue weighted by Gasteiger charge is -2.31. The monoisotopic (exact) mass is 323 g/mol. The van der Waals surface area contributed by atoms with Crippen molar-refractivity contribution in [3.8, 4) is 5.75 Å². The molecule has 0 unspecified atom stereocenters. The molecular formula is C17H26FN3O2. The number of amides is 2. The minimum absolute atomic E-state index is 0.221. The van der Waals surface area contributed by atoms with E-state index in [0.717, 1.165) is 26.1 Å². The molecule has 0 spiro atoms. The Labute approximate surface area is 137 Å². The fourth-order valence-corrected chi connectivity index (χ4v) is 2.93. The van der Waals surface area contributed by atoms with Crippen LogP contribution in [0.2, 0.25) is 0 Å². The SMILES string of the molecule is CCN1CCC[C@H](CNC(=O)NCc2cc(F)cc(OC)c2)C1. The summed E-state index contributed by atoms with van der Waals surface area (Å²) in [6.07, 6.45) is 2.34. The third-order valence-corrected chi connectivity index (χ3v) is 4.22. The van der Waals surface area contributed by atoms with Gasteiger partial charge in [-0.25, -0.2) is 9.18 Å². The van der Waals surface area contributed by atoms with Crippen molar-refractivity contribution in [3.05, 3.63) is 29.6 Å². The largest absolute Gasteiger partial charge is 0.497 e. The maximum Gasteiger partial charge on any atom is 0.315 e. The molecule has 1 aliphatic rings. The van der Waals surface area contributed by atoms with Crippen molar-refractivity contribution in [2.75, 3.05) is 33.3 Å². The molecule has 0 aliphatic carbocycles. The van der Waals surface area contributed by atoms with Crippen molar-refractivity contribution < 1.29 is 13.9 Å². The highest BCUT2D eigenvalue weighted by atomic mass is 19.1. The third kappa shape index (κ3) is 5.71. The van der Waals surface area contributed by atoms with Gasteiger partial charge >= 0.3 is 6.03 Å². The van der Waals surface area contributed by atoms with Crippen molar-refractivity contribution in [3.63, 3.8) is 0 Å². The van der Waals surface area contributed by atoms with Crippen molar-refractivity contribution >= 4 is 6.03 Å². The Morgan fingerprint density at radius 3 is 2.96 bits per heavy atom. The van der Waals surface area contributed by atoms with Crippen LogP contribution in [0, 0.1) is 11.7 Å². The van der Waals surface area contributed by atoms with E-state index >= 15 is 0 Å². The average Bonchev–Trinajstić information content (AvgIpc) is 2.57. The molecule has 1 aromatic rings. The topological polar surface area (TPSA) is 53.6 Å². The minimum atomic E-state index is -0.372. The lowest BCUT2D eigenvalue weighted by Crippen LogP contribution is -2.43. The fraction of sp³-hybridized carbons (Fsp3) is 0.588. The van der Waals surface area contributed by atoms with E-state index in [1.165, 1.54) is 25.7 Å². The van der Waals surface area contributed by atoms with E-state index in [1.54, 1.807) is 6.07 Å². The standard InChI is InChI=1S/C17H26FN3O2/c1-3-21-6-4-5-13(12-21)10-19-17(22)20-11-14-7-15(18)9-16(8-14)23-2/h7-9,13H,3-6,10-12H2,1-2H3,(H2,19,20,22)/t13-/m1/s1. The van der Waals surface area contributed by atoms with Crippen LogP contribution >= 0.6 is 0 Å². The molecule has 128 valence electrons.